The standard InChI is InChI=1S/C20H25FN4O3/c1-3-25-9-8-24(2)12-17(25)16-10-15(18(26)20(28)23-16)19(27)22-11-13-4-6-14(21)7-5-13/h4-7,10,17,26H,3,8-9,11-12H2,1-2H3,(H,22,27)(H,23,28). The Kier molecular flexibility index (Phi) is 6.11. The van der Waals surface area contributed by atoms with Crippen LogP contribution in [0.5, 0.6) is 5.75 Å². The Hall–Kier alpha value is -2.71. The van der Waals surface area contributed by atoms with Crippen LogP contribution in [0, 0.1) is 5.82 Å². The lowest BCUT2D eigenvalue weighted by atomic mass is 10.0. The second kappa shape index (κ2) is 8.53. The maximum atomic E-state index is 13.0. The molecule has 1 atom stereocenters. The van der Waals surface area contributed by atoms with Crippen LogP contribution in [-0.2, 0) is 6.54 Å². The number of rotatable bonds is 5. The molecule has 0 spiro atoms. The van der Waals surface area contributed by atoms with Crippen molar-refractivity contribution in [3.8, 4) is 5.75 Å². The van der Waals surface area contributed by atoms with Gasteiger partial charge in [0, 0.05) is 31.9 Å². The molecule has 1 unspecified atom stereocenters. The molecule has 3 rings (SSSR count). The summed E-state index contributed by atoms with van der Waals surface area (Å²) in [4.78, 5) is 31.9. The van der Waals surface area contributed by atoms with Crippen LogP contribution in [0.15, 0.2) is 35.1 Å². The Morgan fingerprint density at radius 2 is 2.04 bits per heavy atom. The fraction of sp³-hybridized carbons (Fsp3) is 0.400. The quantitative estimate of drug-likeness (QED) is 0.722. The van der Waals surface area contributed by atoms with Crippen LogP contribution in [-0.4, -0.2) is 59.0 Å². The van der Waals surface area contributed by atoms with E-state index in [0.29, 0.717) is 17.8 Å². The van der Waals surface area contributed by atoms with Gasteiger partial charge in [-0.2, -0.15) is 0 Å². The van der Waals surface area contributed by atoms with E-state index in [9.17, 15) is 19.1 Å². The van der Waals surface area contributed by atoms with E-state index >= 15 is 0 Å². The van der Waals surface area contributed by atoms with Gasteiger partial charge in [0.1, 0.15) is 5.82 Å². The van der Waals surface area contributed by atoms with E-state index in [2.05, 4.69) is 20.1 Å². The summed E-state index contributed by atoms with van der Waals surface area (Å²) in [7, 11) is 2.01. The summed E-state index contributed by atoms with van der Waals surface area (Å²) >= 11 is 0. The molecule has 1 aliphatic heterocycles. The number of aromatic hydroxyl groups is 1. The molecule has 0 bridgehead atoms. The number of H-pyrrole nitrogens is 1. The minimum absolute atomic E-state index is 0.0647. The molecular formula is C20H25FN4O3. The van der Waals surface area contributed by atoms with Crippen molar-refractivity contribution >= 4 is 5.91 Å². The lowest BCUT2D eigenvalue weighted by molar-refractivity contribution is 0.0914. The summed E-state index contributed by atoms with van der Waals surface area (Å²) in [6, 6.07) is 7.22. The van der Waals surface area contributed by atoms with Gasteiger partial charge in [0.25, 0.3) is 11.5 Å². The molecule has 0 aliphatic carbocycles. The molecule has 1 aromatic heterocycles. The van der Waals surface area contributed by atoms with Gasteiger partial charge in [-0.1, -0.05) is 19.1 Å². The molecule has 1 aliphatic rings. The summed E-state index contributed by atoms with van der Waals surface area (Å²) in [5.41, 5.74) is 0.562. The first-order chi connectivity index (χ1) is 13.4. The minimum Gasteiger partial charge on any atom is -0.502 e. The number of nitrogens with one attached hydrogen (secondary N) is 2. The number of hydrogen-bond donors (Lipinski definition) is 3. The molecule has 28 heavy (non-hydrogen) atoms. The van der Waals surface area contributed by atoms with Gasteiger partial charge in [0.15, 0.2) is 5.75 Å². The monoisotopic (exact) mass is 388 g/mol. The summed E-state index contributed by atoms with van der Waals surface area (Å²) < 4.78 is 13.0. The summed E-state index contributed by atoms with van der Waals surface area (Å²) in [5.74, 6) is -1.51. The first kappa shape index (κ1) is 20.0. The molecule has 1 aromatic carbocycles. The smallest absolute Gasteiger partial charge is 0.291 e. The van der Waals surface area contributed by atoms with E-state index in [-0.39, 0.29) is 24.0 Å². The Bertz CT molecular complexity index is 897. The highest BCUT2D eigenvalue weighted by Gasteiger charge is 2.28. The SMILES string of the molecule is CCN1CCN(C)CC1c1cc(C(=O)NCc2ccc(F)cc2)c(O)c(=O)[nH]1. The maximum Gasteiger partial charge on any atom is 0.291 e. The molecule has 0 radical (unpaired) electrons. The van der Waals surface area contributed by atoms with Crippen LogP contribution < -0.4 is 10.9 Å². The summed E-state index contributed by atoms with van der Waals surface area (Å²) in [5, 5.41) is 12.8. The first-order valence-electron chi connectivity index (χ1n) is 9.30. The highest BCUT2D eigenvalue weighted by atomic mass is 19.1. The summed E-state index contributed by atoms with van der Waals surface area (Å²) in [6.45, 7) is 5.52. The fourth-order valence-corrected chi connectivity index (χ4v) is 3.44. The maximum absolute atomic E-state index is 13.0. The molecule has 2 heterocycles. The normalized spacial score (nSPS) is 18.2. The van der Waals surface area contributed by atoms with Crippen molar-refractivity contribution in [1.82, 2.24) is 20.1 Å². The zero-order valence-corrected chi connectivity index (χ0v) is 16.0. The number of carbonyl (C=O) groups excluding carboxylic acids is 1. The van der Waals surface area contributed by atoms with E-state index in [1.165, 1.54) is 12.1 Å². The van der Waals surface area contributed by atoms with Gasteiger partial charge in [-0.3, -0.25) is 14.5 Å². The number of carbonyl (C=O) groups is 1. The number of pyridine rings is 1. The largest absolute Gasteiger partial charge is 0.502 e. The van der Waals surface area contributed by atoms with Crippen LogP contribution in [0.4, 0.5) is 4.39 Å². The average Bonchev–Trinajstić information content (AvgIpc) is 2.69. The third kappa shape index (κ3) is 4.40. The van der Waals surface area contributed by atoms with Crippen LogP contribution in [0.3, 0.4) is 0 Å². The van der Waals surface area contributed by atoms with Crippen LogP contribution >= 0.6 is 0 Å². The van der Waals surface area contributed by atoms with Crippen LogP contribution in [0.2, 0.25) is 0 Å². The number of likely N-dealkylation sites (N-methyl/N-ethyl adjacent to an activating group) is 2. The predicted octanol–water partition coefficient (Wildman–Crippen LogP) is 1.46. The molecule has 150 valence electrons. The second-order valence-corrected chi connectivity index (χ2v) is 7.03. The van der Waals surface area contributed by atoms with Gasteiger partial charge in [-0.15, -0.1) is 0 Å². The van der Waals surface area contributed by atoms with Crippen molar-refractivity contribution in [2.75, 3.05) is 33.2 Å². The van der Waals surface area contributed by atoms with Gasteiger partial charge in [0.2, 0.25) is 0 Å². The Morgan fingerprint density at radius 3 is 2.71 bits per heavy atom. The van der Waals surface area contributed by atoms with Crippen molar-refractivity contribution in [3.05, 3.63) is 63.3 Å². The third-order valence-electron chi connectivity index (χ3n) is 5.10. The highest BCUT2D eigenvalue weighted by molar-refractivity contribution is 5.96. The number of aromatic nitrogens is 1. The van der Waals surface area contributed by atoms with Gasteiger partial charge in [0.05, 0.1) is 11.6 Å². The number of halogens is 1. The molecule has 3 N–H and O–H groups in total. The zero-order chi connectivity index (χ0) is 20.3. The molecule has 8 heteroatoms. The lowest BCUT2D eigenvalue weighted by Gasteiger charge is -2.39. The number of nitrogens with zero attached hydrogens (tertiary/aromatic N) is 2. The summed E-state index contributed by atoms with van der Waals surface area (Å²) in [6.07, 6.45) is 0. The van der Waals surface area contributed by atoms with Gasteiger partial charge >= 0.3 is 0 Å². The number of piperazine rings is 1. The van der Waals surface area contributed by atoms with Crippen molar-refractivity contribution in [2.24, 2.45) is 0 Å². The van der Waals surface area contributed by atoms with Crippen molar-refractivity contribution in [2.45, 2.75) is 19.5 Å². The second-order valence-electron chi connectivity index (χ2n) is 7.03. The zero-order valence-electron chi connectivity index (χ0n) is 16.0. The Morgan fingerprint density at radius 1 is 1.32 bits per heavy atom. The van der Waals surface area contributed by atoms with Crippen molar-refractivity contribution in [3.63, 3.8) is 0 Å². The molecule has 1 saturated heterocycles. The molecule has 0 saturated carbocycles. The van der Waals surface area contributed by atoms with Gasteiger partial charge < -0.3 is 20.3 Å². The topological polar surface area (TPSA) is 88.7 Å². The van der Waals surface area contributed by atoms with E-state index in [1.54, 1.807) is 18.2 Å². The average molecular weight is 388 g/mol. The van der Waals surface area contributed by atoms with E-state index in [0.717, 1.165) is 19.6 Å². The molecule has 1 amide bonds. The highest BCUT2D eigenvalue weighted by Crippen LogP contribution is 2.25. The fourth-order valence-electron chi connectivity index (χ4n) is 3.44. The van der Waals surface area contributed by atoms with Crippen molar-refractivity contribution < 1.29 is 14.3 Å². The third-order valence-corrected chi connectivity index (χ3v) is 5.10. The van der Waals surface area contributed by atoms with E-state index < -0.39 is 17.2 Å². The van der Waals surface area contributed by atoms with E-state index in [1.807, 2.05) is 14.0 Å². The number of hydrogen-bond acceptors (Lipinski definition) is 5. The number of aromatic amines is 1. The Labute approximate surface area is 162 Å². The van der Waals surface area contributed by atoms with Crippen LogP contribution in [0.25, 0.3) is 0 Å². The van der Waals surface area contributed by atoms with E-state index in [4.69, 9.17) is 0 Å². The van der Waals surface area contributed by atoms with Crippen LogP contribution in [0.1, 0.15) is 34.6 Å². The van der Waals surface area contributed by atoms with Crippen molar-refractivity contribution in [1.29, 1.82) is 0 Å². The first-order valence-corrected chi connectivity index (χ1v) is 9.30. The molecular weight excluding hydrogens is 363 g/mol. The molecule has 1 fully saturated rings. The Balaban J connectivity index is 1.83. The van der Waals surface area contributed by atoms with Gasteiger partial charge in [-0.05, 0) is 37.4 Å². The molecule has 2 aromatic rings. The molecule has 7 nitrogen and oxygen atoms in total. The number of benzene rings is 1. The predicted molar refractivity (Wildman–Crippen MR) is 104 cm³/mol. The minimum atomic E-state index is -0.686. The lowest BCUT2D eigenvalue weighted by Crippen LogP contribution is -2.47. The van der Waals surface area contributed by atoms with Gasteiger partial charge in [-0.25, -0.2) is 4.39 Å². The number of amides is 1.